The maximum absolute atomic E-state index is 12.0. The van der Waals surface area contributed by atoms with Gasteiger partial charge in [0, 0.05) is 19.6 Å². The van der Waals surface area contributed by atoms with Crippen LogP contribution in [0.3, 0.4) is 0 Å². The van der Waals surface area contributed by atoms with Gasteiger partial charge in [-0.15, -0.1) is 0 Å². The molecule has 1 aromatic carbocycles. The molecule has 2 rings (SSSR count). The van der Waals surface area contributed by atoms with Gasteiger partial charge in [0.25, 0.3) is 0 Å². The highest BCUT2D eigenvalue weighted by molar-refractivity contribution is 5.79. The van der Waals surface area contributed by atoms with E-state index < -0.39 is 11.4 Å². The van der Waals surface area contributed by atoms with Crippen LogP contribution in [0.4, 0.5) is 4.79 Å². The smallest absolute Gasteiger partial charge is 0.317 e. The van der Waals surface area contributed by atoms with Gasteiger partial charge in [-0.2, -0.15) is 0 Å². The fraction of sp³-hybridized carbons (Fsp3) is 0.467. The summed E-state index contributed by atoms with van der Waals surface area (Å²) in [6.45, 7) is 2.85. The first-order chi connectivity index (χ1) is 9.90. The van der Waals surface area contributed by atoms with E-state index in [0.29, 0.717) is 25.9 Å². The lowest BCUT2D eigenvalue weighted by Gasteiger charge is -2.20. The van der Waals surface area contributed by atoms with Gasteiger partial charge in [0.05, 0.1) is 5.41 Å². The number of urea groups is 1. The molecule has 0 radical (unpaired) electrons. The third-order valence-corrected chi connectivity index (χ3v) is 3.90. The molecule has 1 aliphatic rings. The number of carboxylic acid groups (broad SMARTS) is 1. The minimum absolute atomic E-state index is 0.216. The van der Waals surface area contributed by atoms with Crippen molar-refractivity contribution < 1.29 is 19.8 Å². The fourth-order valence-corrected chi connectivity index (χ4v) is 2.40. The summed E-state index contributed by atoms with van der Waals surface area (Å²) in [5.74, 6) is -0.644. The second-order valence-corrected chi connectivity index (χ2v) is 5.69. The van der Waals surface area contributed by atoms with Crippen molar-refractivity contribution in [2.24, 2.45) is 5.41 Å². The number of hydrogen-bond donors (Lipinski definition) is 3. The van der Waals surface area contributed by atoms with E-state index in [2.05, 4.69) is 5.32 Å². The van der Waals surface area contributed by atoms with Gasteiger partial charge in [-0.1, -0.05) is 12.1 Å². The molecule has 1 aromatic rings. The van der Waals surface area contributed by atoms with E-state index in [4.69, 9.17) is 5.11 Å². The summed E-state index contributed by atoms with van der Waals surface area (Å²) in [7, 11) is 0. The summed E-state index contributed by atoms with van der Waals surface area (Å²) in [5, 5.41) is 21.1. The van der Waals surface area contributed by atoms with Crippen LogP contribution in [0, 0.1) is 5.41 Å². The van der Waals surface area contributed by atoms with Gasteiger partial charge < -0.3 is 20.4 Å². The van der Waals surface area contributed by atoms with E-state index in [1.807, 2.05) is 0 Å². The van der Waals surface area contributed by atoms with E-state index in [9.17, 15) is 14.7 Å². The van der Waals surface area contributed by atoms with Crippen molar-refractivity contribution in [1.82, 2.24) is 10.2 Å². The Labute approximate surface area is 123 Å². The minimum Gasteiger partial charge on any atom is -0.508 e. The molecule has 0 saturated carbocycles. The highest BCUT2D eigenvalue weighted by Crippen LogP contribution is 2.29. The predicted molar refractivity (Wildman–Crippen MR) is 77.1 cm³/mol. The second-order valence-electron chi connectivity index (χ2n) is 5.69. The number of hydrogen-bond acceptors (Lipinski definition) is 3. The molecule has 1 heterocycles. The first kappa shape index (κ1) is 15.2. The lowest BCUT2D eigenvalue weighted by atomic mass is 9.90. The number of benzene rings is 1. The zero-order valence-electron chi connectivity index (χ0n) is 12.0. The van der Waals surface area contributed by atoms with E-state index in [1.165, 1.54) is 0 Å². The molecular formula is C15H20N2O4. The second kappa shape index (κ2) is 6.03. The van der Waals surface area contributed by atoms with E-state index in [1.54, 1.807) is 36.1 Å². The van der Waals surface area contributed by atoms with Crippen LogP contribution in [-0.4, -0.2) is 46.7 Å². The number of nitrogens with one attached hydrogen (secondary N) is 1. The summed E-state index contributed by atoms with van der Waals surface area (Å²) >= 11 is 0. The molecule has 1 saturated heterocycles. The number of carbonyl (C=O) groups is 2. The van der Waals surface area contributed by atoms with Crippen molar-refractivity contribution in [3.05, 3.63) is 29.8 Å². The molecule has 0 spiro atoms. The van der Waals surface area contributed by atoms with Gasteiger partial charge in [0.15, 0.2) is 0 Å². The molecule has 3 N–H and O–H groups in total. The number of nitrogens with zero attached hydrogens (tertiary/aromatic N) is 1. The van der Waals surface area contributed by atoms with Gasteiger partial charge in [0.1, 0.15) is 5.75 Å². The lowest BCUT2D eigenvalue weighted by Crippen LogP contribution is -2.41. The number of phenolic OH excluding ortho intramolecular Hbond substituents is 1. The summed E-state index contributed by atoms with van der Waals surface area (Å²) in [4.78, 5) is 24.7. The zero-order valence-corrected chi connectivity index (χ0v) is 12.0. The molecule has 1 aliphatic heterocycles. The van der Waals surface area contributed by atoms with E-state index in [0.717, 1.165) is 5.56 Å². The summed E-state index contributed by atoms with van der Waals surface area (Å²) < 4.78 is 0. The first-order valence-electron chi connectivity index (χ1n) is 6.95. The van der Waals surface area contributed by atoms with Crippen LogP contribution in [0.15, 0.2) is 24.3 Å². The predicted octanol–water partition coefficient (Wildman–Crippen LogP) is 1.44. The minimum atomic E-state index is -0.859. The number of aliphatic carboxylic acids is 1. The van der Waals surface area contributed by atoms with Crippen LogP contribution < -0.4 is 5.32 Å². The number of carbonyl (C=O) groups excluding carboxylic acids is 1. The molecule has 1 fully saturated rings. The maximum atomic E-state index is 12.0. The number of likely N-dealkylation sites (tertiary alicyclic amines) is 1. The van der Waals surface area contributed by atoms with Crippen LogP contribution in [0.25, 0.3) is 0 Å². The van der Waals surface area contributed by atoms with E-state index >= 15 is 0 Å². The lowest BCUT2D eigenvalue weighted by molar-refractivity contribution is -0.146. The zero-order chi connectivity index (χ0) is 15.5. The quantitative estimate of drug-likeness (QED) is 0.783. The molecule has 1 atom stereocenters. The van der Waals surface area contributed by atoms with Crippen molar-refractivity contribution in [3.8, 4) is 5.75 Å². The average molecular weight is 292 g/mol. The van der Waals surface area contributed by atoms with Crippen molar-refractivity contribution in [3.63, 3.8) is 0 Å². The van der Waals surface area contributed by atoms with Gasteiger partial charge in [-0.05, 0) is 37.5 Å². The third kappa shape index (κ3) is 3.65. The SMILES string of the molecule is CC1(C(=O)O)CCN(C(=O)NCCc2ccc(O)cc2)C1. The molecule has 2 amide bonds. The van der Waals surface area contributed by atoms with E-state index in [-0.39, 0.29) is 18.3 Å². The van der Waals surface area contributed by atoms with Crippen molar-refractivity contribution in [2.75, 3.05) is 19.6 Å². The van der Waals surface area contributed by atoms with Gasteiger partial charge >= 0.3 is 12.0 Å². The fourth-order valence-electron chi connectivity index (χ4n) is 2.40. The van der Waals surface area contributed by atoms with Crippen molar-refractivity contribution >= 4 is 12.0 Å². The highest BCUT2D eigenvalue weighted by atomic mass is 16.4. The average Bonchev–Trinajstić information content (AvgIpc) is 2.85. The van der Waals surface area contributed by atoms with Crippen LogP contribution in [-0.2, 0) is 11.2 Å². The van der Waals surface area contributed by atoms with Crippen molar-refractivity contribution in [2.45, 2.75) is 19.8 Å². The Kier molecular flexibility index (Phi) is 4.35. The largest absolute Gasteiger partial charge is 0.508 e. The van der Waals surface area contributed by atoms with Gasteiger partial charge in [0.2, 0.25) is 0 Å². The number of amides is 2. The molecule has 1 unspecified atom stereocenters. The molecule has 0 aromatic heterocycles. The molecule has 6 heteroatoms. The van der Waals surface area contributed by atoms with Gasteiger partial charge in [-0.25, -0.2) is 4.79 Å². The maximum Gasteiger partial charge on any atom is 0.317 e. The Balaban J connectivity index is 1.78. The Morgan fingerprint density at radius 1 is 1.33 bits per heavy atom. The summed E-state index contributed by atoms with van der Waals surface area (Å²) in [6, 6.07) is 6.60. The molecule has 114 valence electrons. The van der Waals surface area contributed by atoms with Crippen LogP contribution >= 0.6 is 0 Å². The highest BCUT2D eigenvalue weighted by Gasteiger charge is 2.42. The normalized spacial score (nSPS) is 21.3. The van der Waals surface area contributed by atoms with Gasteiger partial charge in [-0.3, -0.25) is 4.79 Å². The number of aromatic hydroxyl groups is 1. The van der Waals surface area contributed by atoms with Crippen molar-refractivity contribution in [1.29, 1.82) is 0 Å². The first-order valence-corrected chi connectivity index (χ1v) is 6.95. The topological polar surface area (TPSA) is 89.9 Å². The van der Waals surface area contributed by atoms with Crippen LogP contribution in [0.2, 0.25) is 0 Å². The molecule has 0 bridgehead atoms. The summed E-state index contributed by atoms with van der Waals surface area (Å²) in [5.41, 5.74) is 0.179. The molecule has 6 nitrogen and oxygen atoms in total. The monoisotopic (exact) mass is 292 g/mol. The number of rotatable bonds is 4. The Bertz CT molecular complexity index is 529. The summed E-state index contributed by atoms with van der Waals surface area (Å²) in [6.07, 6.45) is 1.14. The van der Waals surface area contributed by atoms with Crippen LogP contribution in [0.5, 0.6) is 5.75 Å². The number of phenols is 1. The molecule has 0 aliphatic carbocycles. The van der Waals surface area contributed by atoms with Crippen LogP contribution in [0.1, 0.15) is 18.9 Å². The molecular weight excluding hydrogens is 272 g/mol. The Morgan fingerprint density at radius 3 is 2.57 bits per heavy atom. The Hall–Kier alpha value is -2.24. The standard InChI is InChI=1S/C15H20N2O4/c1-15(13(19)20)7-9-17(10-15)14(21)16-8-6-11-2-4-12(18)5-3-11/h2-5,18H,6-10H2,1H3,(H,16,21)(H,19,20). The third-order valence-electron chi connectivity index (χ3n) is 3.90. The number of carboxylic acids is 1. The molecule has 21 heavy (non-hydrogen) atoms. The Morgan fingerprint density at radius 2 is 2.00 bits per heavy atom.